The fraction of sp³-hybridized carbons (Fsp3) is 0.778. The summed E-state index contributed by atoms with van der Waals surface area (Å²) in [6, 6.07) is -1.60. The average molecular weight is 259 g/mol. The second-order valence-electron chi connectivity index (χ2n) is 3.92. The Morgan fingerprint density at radius 1 is 1.29 bits per heavy atom. The van der Waals surface area contributed by atoms with Gasteiger partial charge in [0.1, 0.15) is 6.04 Å². The first-order valence-corrected chi connectivity index (χ1v) is 4.78. The Kier molecular flexibility index (Phi) is 5.37. The van der Waals surface area contributed by atoms with Crippen LogP contribution in [0.4, 0.5) is 17.6 Å². The topological polar surface area (TPSA) is 66.4 Å². The molecule has 0 spiro atoms. The van der Waals surface area contributed by atoms with Crippen molar-refractivity contribution in [1.29, 1.82) is 0 Å². The van der Waals surface area contributed by atoms with Gasteiger partial charge in [0.2, 0.25) is 0 Å². The van der Waals surface area contributed by atoms with Crippen molar-refractivity contribution in [3.05, 3.63) is 0 Å². The van der Waals surface area contributed by atoms with Crippen LogP contribution in [0.3, 0.4) is 0 Å². The summed E-state index contributed by atoms with van der Waals surface area (Å²) >= 11 is 0. The number of hydrogen-bond acceptors (Lipinski definition) is 2. The fourth-order valence-corrected chi connectivity index (χ4v) is 1.05. The van der Waals surface area contributed by atoms with E-state index in [2.05, 4.69) is 0 Å². The standard InChI is InChI=1S/C9H13F4NO3/c1-4(2)3-5(6(15)16)14-8(17)9(12,13)7(10)11/h4-5,7H,3H2,1-2H3,(H,14,17)(H,15,16)/t5-/m0/s1. The van der Waals surface area contributed by atoms with Crippen LogP contribution in [0.1, 0.15) is 20.3 Å². The number of halogens is 4. The molecule has 0 aromatic carbocycles. The summed E-state index contributed by atoms with van der Waals surface area (Å²) in [6.45, 7) is 3.21. The number of rotatable bonds is 6. The van der Waals surface area contributed by atoms with Crippen LogP contribution in [-0.4, -0.2) is 35.4 Å². The van der Waals surface area contributed by atoms with Gasteiger partial charge < -0.3 is 10.4 Å². The molecular weight excluding hydrogens is 246 g/mol. The molecule has 0 bridgehead atoms. The number of aliphatic carboxylic acids is 1. The Morgan fingerprint density at radius 2 is 1.76 bits per heavy atom. The van der Waals surface area contributed by atoms with Gasteiger partial charge in [0.05, 0.1) is 0 Å². The van der Waals surface area contributed by atoms with Crippen LogP contribution < -0.4 is 5.32 Å². The van der Waals surface area contributed by atoms with Crippen LogP contribution in [-0.2, 0) is 9.59 Å². The number of carboxylic acids is 1. The van der Waals surface area contributed by atoms with Crippen LogP contribution >= 0.6 is 0 Å². The molecule has 0 aliphatic carbocycles. The van der Waals surface area contributed by atoms with Crippen molar-refractivity contribution < 1.29 is 32.3 Å². The highest BCUT2D eigenvalue weighted by atomic mass is 19.3. The first-order chi connectivity index (χ1) is 7.59. The molecule has 0 radical (unpaired) electrons. The van der Waals surface area contributed by atoms with Crippen LogP contribution in [0.15, 0.2) is 0 Å². The zero-order valence-corrected chi connectivity index (χ0v) is 9.21. The molecule has 100 valence electrons. The van der Waals surface area contributed by atoms with Gasteiger partial charge in [-0.05, 0) is 12.3 Å². The summed E-state index contributed by atoms with van der Waals surface area (Å²) in [5.41, 5.74) is 0. The third-order valence-electron chi connectivity index (χ3n) is 1.89. The molecule has 8 heteroatoms. The van der Waals surface area contributed by atoms with Crippen LogP contribution in [0.25, 0.3) is 0 Å². The number of carbonyl (C=O) groups is 2. The highest BCUT2D eigenvalue weighted by molar-refractivity contribution is 5.88. The Balaban J connectivity index is 4.67. The van der Waals surface area contributed by atoms with Crippen LogP contribution in [0, 0.1) is 5.92 Å². The molecular formula is C9H13F4NO3. The lowest BCUT2D eigenvalue weighted by molar-refractivity contribution is -0.171. The first-order valence-electron chi connectivity index (χ1n) is 4.78. The molecule has 0 unspecified atom stereocenters. The van der Waals surface area contributed by atoms with Crippen LogP contribution in [0.2, 0.25) is 0 Å². The van der Waals surface area contributed by atoms with Gasteiger partial charge in [-0.2, -0.15) is 8.78 Å². The zero-order chi connectivity index (χ0) is 13.8. The van der Waals surface area contributed by atoms with Crippen molar-refractivity contribution in [2.45, 2.75) is 38.7 Å². The van der Waals surface area contributed by atoms with Gasteiger partial charge >= 0.3 is 18.3 Å². The zero-order valence-electron chi connectivity index (χ0n) is 9.21. The quantitative estimate of drug-likeness (QED) is 0.710. The summed E-state index contributed by atoms with van der Waals surface area (Å²) < 4.78 is 48.7. The van der Waals surface area contributed by atoms with E-state index < -0.39 is 30.3 Å². The van der Waals surface area contributed by atoms with Gasteiger partial charge in [0.15, 0.2) is 0 Å². The number of nitrogens with one attached hydrogen (secondary N) is 1. The van der Waals surface area contributed by atoms with E-state index in [1.54, 1.807) is 13.8 Å². The van der Waals surface area contributed by atoms with E-state index >= 15 is 0 Å². The maximum absolute atomic E-state index is 12.5. The molecule has 0 aromatic heterocycles. The summed E-state index contributed by atoms with van der Waals surface area (Å²) in [5, 5.41) is 10.0. The summed E-state index contributed by atoms with van der Waals surface area (Å²) in [4.78, 5) is 21.4. The largest absolute Gasteiger partial charge is 0.480 e. The van der Waals surface area contributed by atoms with Gasteiger partial charge in [-0.3, -0.25) is 4.79 Å². The van der Waals surface area contributed by atoms with Gasteiger partial charge in [-0.25, -0.2) is 13.6 Å². The predicted molar refractivity (Wildman–Crippen MR) is 50.0 cm³/mol. The van der Waals surface area contributed by atoms with Crippen molar-refractivity contribution in [3.63, 3.8) is 0 Å². The molecule has 0 saturated carbocycles. The summed E-state index contributed by atoms with van der Waals surface area (Å²) in [5.74, 6) is -8.90. The second-order valence-corrected chi connectivity index (χ2v) is 3.92. The van der Waals surface area contributed by atoms with E-state index in [9.17, 15) is 27.2 Å². The fourth-order valence-electron chi connectivity index (χ4n) is 1.05. The smallest absolute Gasteiger partial charge is 0.383 e. The molecule has 1 amide bonds. The van der Waals surface area contributed by atoms with Crippen molar-refractivity contribution in [2.24, 2.45) is 5.92 Å². The van der Waals surface area contributed by atoms with Crippen molar-refractivity contribution >= 4 is 11.9 Å². The maximum atomic E-state index is 12.5. The SMILES string of the molecule is CC(C)C[C@H](NC(=O)C(F)(F)C(F)F)C(=O)O. The Morgan fingerprint density at radius 3 is 2.06 bits per heavy atom. The van der Waals surface area contributed by atoms with Crippen molar-refractivity contribution in [2.75, 3.05) is 0 Å². The van der Waals surface area contributed by atoms with E-state index in [-0.39, 0.29) is 12.3 Å². The van der Waals surface area contributed by atoms with E-state index in [1.807, 2.05) is 0 Å². The lowest BCUT2D eigenvalue weighted by Crippen LogP contribution is -2.51. The molecule has 0 saturated heterocycles. The minimum Gasteiger partial charge on any atom is -0.480 e. The van der Waals surface area contributed by atoms with Gasteiger partial charge in [0, 0.05) is 0 Å². The van der Waals surface area contributed by atoms with Gasteiger partial charge in [-0.1, -0.05) is 13.8 Å². The number of alkyl halides is 4. The summed E-state index contributed by atoms with van der Waals surface area (Å²) in [6.07, 6.45) is -4.29. The van der Waals surface area contributed by atoms with Gasteiger partial charge in [-0.15, -0.1) is 0 Å². The van der Waals surface area contributed by atoms with Crippen LogP contribution in [0.5, 0.6) is 0 Å². The second kappa shape index (κ2) is 5.83. The predicted octanol–water partition coefficient (Wildman–Crippen LogP) is 1.50. The number of hydrogen-bond donors (Lipinski definition) is 2. The average Bonchev–Trinajstić information content (AvgIpc) is 2.15. The number of amides is 1. The maximum Gasteiger partial charge on any atom is 0.383 e. The highest BCUT2D eigenvalue weighted by Gasteiger charge is 2.49. The summed E-state index contributed by atoms with van der Waals surface area (Å²) in [7, 11) is 0. The molecule has 0 heterocycles. The number of carbonyl (C=O) groups excluding carboxylic acids is 1. The number of carboxylic acid groups (broad SMARTS) is 1. The third kappa shape index (κ3) is 4.58. The molecule has 17 heavy (non-hydrogen) atoms. The van der Waals surface area contributed by atoms with E-state index in [1.165, 1.54) is 5.32 Å². The molecule has 0 rings (SSSR count). The highest BCUT2D eigenvalue weighted by Crippen LogP contribution is 2.23. The molecule has 1 atom stereocenters. The van der Waals surface area contributed by atoms with Crippen molar-refractivity contribution in [3.8, 4) is 0 Å². The molecule has 0 aliphatic heterocycles. The lowest BCUT2D eigenvalue weighted by atomic mass is 10.0. The minimum absolute atomic E-state index is 0.125. The first kappa shape index (κ1) is 15.7. The van der Waals surface area contributed by atoms with Crippen molar-refractivity contribution in [1.82, 2.24) is 5.32 Å². The monoisotopic (exact) mass is 259 g/mol. The minimum atomic E-state index is -4.88. The van der Waals surface area contributed by atoms with Gasteiger partial charge in [0.25, 0.3) is 5.91 Å². The third-order valence-corrected chi connectivity index (χ3v) is 1.89. The Labute approximate surface area is 95.0 Å². The molecule has 4 nitrogen and oxygen atoms in total. The van der Waals surface area contributed by atoms with E-state index in [4.69, 9.17) is 5.11 Å². The van der Waals surface area contributed by atoms with E-state index in [0.29, 0.717) is 0 Å². The molecule has 0 aromatic rings. The Bertz CT molecular complexity index is 294. The molecule has 0 aliphatic rings. The van der Waals surface area contributed by atoms with E-state index in [0.717, 1.165) is 0 Å². The normalized spacial score (nSPS) is 13.9. The Hall–Kier alpha value is -1.34. The lowest BCUT2D eigenvalue weighted by Gasteiger charge is -2.20. The molecule has 2 N–H and O–H groups in total. The molecule has 0 fully saturated rings.